The van der Waals surface area contributed by atoms with E-state index in [1.165, 1.54) is 7.11 Å². The Bertz CT molecular complexity index is 379. The highest BCUT2D eigenvalue weighted by molar-refractivity contribution is 5.95. The van der Waals surface area contributed by atoms with Crippen molar-refractivity contribution >= 4 is 24.3 Å². The van der Waals surface area contributed by atoms with Gasteiger partial charge in [-0.1, -0.05) is 12.1 Å². The number of methoxy groups -OCH3 is 1. The summed E-state index contributed by atoms with van der Waals surface area (Å²) in [6.45, 7) is 0.304. The van der Waals surface area contributed by atoms with Crippen molar-refractivity contribution in [3.63, 3.8) is 0 Å². The fourth-order valence-corrected chi connectivity index (χ4v) is 1.12. The van der Waals surface area contributed by atoms with E-state index in [0.717, 1.165) is 5.56 Å². The van der Waals surface area contributed by atoms with Gasteiger partial charge in [0, 0.05) is 12.1 Å². The Morgan fingerprint density at radius 3 is 2.35 bits per heavy atom. The molecule has 1 aromatic rings. The molecule has 0 aliphatic rings. The molecule has 1 amide bonds. The minimum atomic E-state index is -0.480. The zero-order valence-corrected chi connectivity index (χ0v) is 10.3. The Morgan fingerprint density at radius 1 is 1.29 bits per heavy atom. The highest BCUT2D eigenvalue weighted by Gasteiger charge is 2.07. The van der Waals surface area contributed by atoms with E-state index in [2.05, 4.69) is 10.1 Å². The number of hydrogen-bond acceptors (Lipinski definition) is 4. The topological polar surface area (TPSA) is 81.4 Å². The molecule has 0 aromatic heterocycles. The van der Waals surface area contributed by atoms with E-state index < -0.39 is 5.97 Å². The molecule has 0 spiro atoms. The molecule has 0 aliphatic carbocycles. The molecule has 17 heavy (non-hydrogen) atoms. The lowest BCUT2D eigenvalue weighted by Gasteiger charge is -2.04. The van der Waals surface area contributed by atoms with Crippen LogP contribution in [0.5, 0.6) is 0 Å². The zero-order valence-electron chi connectivity index (χ0n) is 9.43. The van der Waals surface area contributed by atoms with Crippen molar-refractivity contribution in [1.29, 1.82) is 0 Å². The van der Waals surface area contributed by atoms with Gasteiger partial charge in [0.15, 0.2) is 0 Å². The average molecular weight is 259 g/mol. The fourth-order valence-electron chi connectivity index (χ4n) is 1.12. The van der Waals surface area contributed by atoms with Crippen molar-refractivity contribution in [2.75, 3.05) is 13.7 Å². The molecule has 0 aliphatic heterocycles. The summed E-state index contributed by atoms with van der Waals surface area (Å²) in [5.74, 6) is -0.791. The number of carbonyl (C=O) groups excluding carboxylic acids is 2. The highest BCUT2D eigenvalue weighted by Crippen LogP contribution is 2.03. The number of nitrogens with two attached hydrogens (primary N) is 1. The predicted molar refractivity (Wildman–Crippen MR) is 65.9 cm³/mol. The van der Waals surface area contributed by atoms with E-state index in [4.69, 9.17) is 5.73 Å². The molecule has 0 fully saturated rings. The zero-order chi connectivity index (χ0) is 12.0. The van der Waals surface area contributed by atoms with Gasteiger partial charge in [0.2, 0.25) is 0 Å². The summed E-state index contributed by atoms with van der Waals surface area (Å²) in [6, 6.07) is 6.86. The van der Waals surface area contributed by atoms with Gasteiger partial charge in [-0.3, -0.25) is 9.59 Å². The molecule has 6 heteroatoms. The van der Waals surface area contributed by atoms with Crippen LogP contribution in [0.2, 0.25) is 0 Å². The van der Waals surface area contributed by atoms with Crippen LogP contribution in [-0.4, -0.2) is 25.5 Å². The van der Waals surface area contributed by atoms with Gasteiger partial charge in [-0.25, -0.2) is 0 Å². The largest absolute Gasteiger partial charge is 0.468 e. The third kappa shape index (κ3) is 4.84. The molecular formula is C11H15ClN2O3. The van der Waals surface area contributed by atoms with Crippen molar-refractivity contribution in [3.8, 4) is 0 Å². The van der Waals surface area contributed by atoms with E-state index in [0.29, 0.717) is 12.1 Å². The van der Waals surface area contributed by atoms with E-state index in [9.17, 15) is 9.59 Å². The molecule has 5 nitrogen and oxygen atoms in total. The Labute approximate surface area is 106 Å². The molecule has 1 aromatic carbocycles. The lowest BCUT2D eigenvalue weighted by atomic mass is 10.1. The second-order valence-electron chi connectivity index (χ2n) is 3.16. The Hall–Kier alpha value is -1.59. The van der Waals surface area contributed by atoms with Gasteiger partial charge in [-0.15, -0.1) is 12.4 Å². The monoisotopic (exact) mass is 258 g/mol. The first-order chi connectivity index (χ1) is 7.67. The standard InChI is InChI=1S/C11H14N2O3.ClH/c1-16-10(14)7-13-11(15)9-4-2-8(6-12)3-5-9;/h2-5H,6-7,12H2,1H3,(H,13,15);1H. The number of nitrogens with one attached hydrogen (secondary N) is 1. The van der Waals surface area contributed by atoms with Crippen molar-refractivity contribution in [2.45, 2.75) is 6.54 Å². The number of ether oxygens (including phenoxy) is 1. The number of benzene rings is 1. The molecule has 0 saturated heterocycles. The average Bonchev–Trinajstić information content (AvgIpc) is 2.35. The quantitative estimate of drug-likeness (QED) is 0.770. The fraction of sp³-hybridized carbons (Fsp3) is 0.273. The van der Waals surface area contributed by atoms with Crippen LogP contribution in [0.4, 0.5) is 0 Å². The first-order valence-corrected chi connectivity index (χ1v) is 4.81. The highest BCUT2D eigenvalue weighted by atomic mass is 35.5. The van der Waals surface area contributed by atoms with Gasteiger partial charge in [0.05, 0.1) is 7.11 Å². The molecule has 0 atom stereocenters. The van der Waals surface area contributed by atoms with Crippen LogP contribution in [0.15, 0.2) is 24.3 Å². The summed E-state index contributed by atoms with van der Waals surface area (Å²) in [5, 5.41) is 2.44. The third-order valence-corrected chi connectivity index (χ3v) is 2.07. The number of hydrogen-bond donors (Lipinski definition) is 2. The van der Waals surface area contributed by atoms with Gasteiger partial charge in [-0.2, -0.15) is 0 Å². The number of amides is 1. The second-order valence-corrected chi connectivity index (χ2v) is 3.16. The normalized spacial score (nSPS) is 9.06. The second kappa shape index (κ2) is 7.65. The molecule has 0 radical (unpaired) electrons. The van der Waals surface area contributed by atoms with Crippen LogP contribution in [0.1, 0.15) is 15.9 Å². The van der Waals surface area contributed by atoms with Crippen molar-refractivity contribution < 1.29 is 14.3 Å². The van der Waals surface area contributed by atoms with E-state index in [-0.39, 0.29) is 24.9 Å². The van der Waals surface area contributed by atoms with Crippen LogP contribution >= 0.6 is 12.4 Å². The molecule has 0 heterocycles. The molecular weight excluding hydrogens is 244 g/mol. The minimum Gasteiger partial charge on any atom is -0.468 e. The Morgan fingerprint density at radius 2 is 1.88 bits per heavy atom. The van der Waals surface area contributed by atoms with E-state index >= 15 is 0 Å². The first-order valence-electron chi connectivity index (χ1n) is 4.81. The number of rotatable bonds is 4. The summed E-state index contributed by atoms with van der Waals surface area (Å²) in [4.78, 5) is 22.3. The summed E-state index contributed by atoms with van der Waals surface area (Å²) < 4.78 is 4.40. The van der Waals surface area contributed by atoms with Gasteiger partial charge < -0.3 is 15.8 Å². The maximum absolute atomic E-state index is 11.5. The summed E-state index contributed by atoms with van der Waals surface area (Å²) in [7, 11) is 1.27. The van der Waals surface area contributed by atoms with Crippen LogP contribution in [0.3, 0.4) is 0 Å². The molecule has 94 valence electrons. The number of carbonyl (C=O) groups is 2. The first kappa shape index (κ1) is 15.4. The van der Waals surface area contributed by atoms with E-state index in [1.54, 1.807) is 24.3 Å². The summed E-state index contributed by atoms with van der Waals surface area (Å²) >= 11 is 0. The van der Waals surface area contributed by atoms with Crippen LogP contribution in [0, 0.1) is 0 Å². The summed E-state index contributed by atoms with van der Waals surface area (Å²) in [5.41, 5.74) is 6.87. The smallest absolute Gasteiger partial charge is 0.325 e. The molecule has 1 rings (SSSR count). The van der Waals surface area contributed by atoms with Crippen LogP contribution in [0.25, 0.3) is 0 Å². The van der Waals surface area contributed by atoms with Crippen LogP contribution < -0.4 is 11.1 Å². The lowest BCUT2D eigenvalue weighted by molar-refractivity contribution is -0.139. The third-order valence-electron chi connectivity index (χ3n) is 2.07. The van der Waals surface area contributed by atoms with Crippen molar-refractivity contribution in [3.05, 3.63) is 35.4 Å². The van der Waals surface area contributed by atoms with Crippen LogP contribution in [-0.2, 0) is 16.1 Å². The summed E-state index contributed by atoms with van der Waals surface area (Å²) in [6.07, 6.45) is 0. The number of halogens is 1. The van der Waals surface area contributed by atoms with Gasteiger partial charge in [0.1, 0.15) is 6.54 Å². The predicted octanol–water partition coefficient (Wildman–Crippen LogP) is 0.470. The molecule has 0 saturated carbocycles. The Balaban J connectivity index is 0.00000256. The Kier molecular flexibility index (Phi) is 6.93. The maximum atomic E-state index is 11.5. The molecule has 3 N–H and O–H groups in total. The minimum absolute atomic E-state index is 0. The van der Waals surface area contributed by atoms with E-state index in [1.807, 2.05) is 0 Å². The van der Waals surface area contributed by atoms with Crippen molar-refractivity contribution in [1.82, 2.24) is 5.32 Å². The SMILES string of the molecule is COC(=O)CNC(=O)c1ccc(CN)cc1.Cl. The van der Waals surface area contributed by atoms with Gasteiger partial charge >= 0.3 is 5.97 Å². The van der Waals surface area contributed by atoms with Gasteiger partial charge in [-0.05, 0) is 17.7 Å². The lowest BCUT2D eigenvalue weighted by Crippen LogP contribution is -2.30. The number of esters is 1. The molecule has 0 bridgehead atoms. The van der Waals surface area contributed by atoms with Gasteiger partial charge in [0.25, 0.3) is 5.91 Å². The molecule has 0 unspecified atom stereocenters. The maximum Gasteiger partial charge on any atom is 0.325 e. The van der Waals surface area contributed by atoms with Crippen molar-refractivity contribution in [2.24, 2.45) is 5.73 Å².